The van der Waals surface area contributed by atoms with E-state index in [1.807, 2.05) is 0 Å². The topological polar surface area (TPSA) is 41.1 Å². The van der Waals surface area contributed by atoms with Crippen molar-refractivity contribution in [3.8, 4) is 0 Å². The minimum Gasteiger partial charge on any atom is -0.350 e. The Morgan fingerprint density at radius 3 is 2.56 bits per heavy atom. The maximum absolute atomic E-state index is 12.4. The van der Waals surface area contributed by atoms with Crippen LogP contribution in [0, 0.1) is 5.41 Å². The molecule has 2 fully saturated rings. The van der Waals surface area contributed by atoms with Gasteiger partial charge in [-0.3, -0.25) is 4.79 Å². The molecule has 2 aliphatic rings. The van der Waals surface area contributed by atoms with Crippen LogP contribution in [0.15, 0.2) is 0 Å². The summed E-state index contributed by atoms with van der Waals surface area (Å²) in [6, 6.07) is 0. The fraction of sp³-hybridized carbons (Fsp3) is 0.923. The highest BCUT2D eigenvalue weighted by Crippen LogP contribution is 2.36. The van der Waals surface area contributed by atoms with Gasteiger partial charge in [0.1, 0.15) is 0 Å². The Morgan fingerprint density at radius 1 is 1.38 bits per heavy atom. The summed E-state index contributed by atoms with van der Waals surface area (Å²) in [7, 11) is 0. The number of hydrogen-bond acceptors (Lipinski definition) is 2. The van der Waals surface area contributed by atoms with Gasteiger partial charge in [0, 0.05) is 12.1 Å². The third-order valence-corrected chi connectivity index (χ3v) is 4.33. The first-order valence-electron chi connectivity index (χ1n) is 6.64. The van der Waals surface area contributed by atoms with Gasteiger partial charge in [0.2, 0.25) is 5.91 Å². The van der Waals surface area contributed by atoms with Crippen LogP contribution in [0.1, 0.15) is 52.4 Å². The molecule has 0 aromatic carbocycles. The van der Waals surface area contributed by atoms with E-state index in [0.717, 1.165) is 45.2 Å². The standard InChI is InChI=1S/C13H24N2O/c1-3-5-13(8-9-14-10-13)11(16)15-12(2)6-4-7-12/h14H,3-10H2,1-2H3,(H,15,16). The molecule has 2 rings (SSSR count). The zero-order valence-corrected chi connectivity index (χ0v) is 10.6. The zero-order chi connectivity index (χ0) is 11.6. The largest absolute Gasteiger partial charge is 0.350 e. The van der Waals surface area contributed by atoms with E-state index in [-0.39, 0.29) is 11.0 Å². The number of carbonyl (C=O) groups excluding carboxylic acids is 1. The molecular weight excluding hydrogens is 200 g/mol. The quantitative estimate of drug-likeness (QED) is 0.765. The van der Waals surface area contributed by atoms with Crippen molar-refractivity contribution in [2.24, 2.45) is 5.41 Å². The van der Waals surface area contributed by atoms with Crippen molar-refractivity contribution in [3.63, 3.8) is 0 Å². The predicted molar refractivity (Wildman–Crippen MR) is 65.2 cm³/mol. The average molecular weight is 224 g/mol. The van der Waals surface area contributed by atoms with Crippen LogP contribution < -0.4 is 10.6 Å². The van der Waals surface area contributed by atoms with E-state index in [2.05, 4.69) is 24.5 Å². The lowest BCUT2D eigenvalue weighted by Crippen LogP contribution is -2.56. The minimum atomic E-state index is -0.118. The van der Waals surface area contributed by atoms with Crippen molar-refractivity contribution in [1.29, 1.82) is 0 Å². The first-order chi connectivity index (χ1) is 7.60. The van der Waals surface area contributed by atoms with Gasteiger partial charge < -0.3 is 10.6 Å². The molecule has 16 heavy (non-hydrogen) atoms. The molecule has 1 aliphatic heterocycles. The van der Waals surface area contributed by atoms with Crippen molar-refractivity contribution >= 4 is 5.91 Å². The summed E-state index contributed by atoms with van der Waals surface area (Å²) in [5.74, 6) is 0.293. The molecule has 1 aliphatic carbocycles. The SMILES string of the molecule is CCCC1(C(=O)NC2(C)CCC2)CCNC1. The normalized spacial score (nSPS) is 32.1. The Morgan fingerprint density at radius 2 is 2.12 bits per heavy atom. The van der Waals surface area contributed by atoms with Crippen molar-refractivity contribution in [3.05, 3.63) is 0 Å². The average Bonchev–Trinajstić information content (AvgIpc) is 2.66. The van der Waals surface area contributed by atoms with Gasteiger partial charge >= 0.3 is 0 Å². The van der Waals surface area contributed by atoms with Crippen LogP contribution in [0.4, 0.5) is 0 Å². The van der Waals surface area contributed by atoms with E-state index in [4.69, 9.17) is 0 Å². The molecule has 0 bridgehead atoms. The van der Waals surface area contributed by atoms with Crippen LogP contribution in [0.3, 0.4) is 0 Å². The number of rotatable bonds is 4. The van der Waals surface area contributed by atoms with Crippen LogP contribution in [0.5, 0.6) is 0 Å². The predicted octanol–water partition coefficient (Wildman–Crippen LogP) is 1.82. The number of amides is 1. The van der Waals surface area contributed by atoms with Gasteiger partial charge in [-0.1, -0.05) is 13.3 Å². The van der Waals surface area contributed by atoms with Gasteiger partial charge in [-0.15, -0.1) is 0 Å². The van der Waals surface area contributed by atoms with E-state index in [0.29, 0.717) is 5.91 Å². The second kappa shape index (κ2) is 4.36. The Balaban J connectivity index is 1.99. The molecule has 1 amide bonds. The van der Waals surface area contributed by atoms with Crippen LogP contribution in [-0.2, 0) is 4.79 Å². The van der Waals surface area contributed by atoms with E-state index in [1.54, 1.807) is 0 Å². The molecule has 0 aromatic rings. The Kier molecular flexibility index (Phi) is 3.24. The summed E-state index contributed by atoms with van der Waals surface area (Å²) in [4.78, 5) is 12.4. The number of hydrogen-bond donors (Lipinski definition) is 2. The zero-order valence-electron chi connectivity index (χ0n) is 10.6. The van der Waals surface area contributed by atoms with Gasteiger partial charge in [-0.05, 0) is 45.6 Å². The molecule has 1 saturated carbocycles. The van der Waals surface area contributed by atoms with E-state index >= 15 is 0 Å². The van der Waals surface area contributed by atoms with Crippen molar-refractivity contribution in [2.45, 2.75) is 57.9 Å². The molecule has 3 nitrogen and oxygen atoms in total. The van der Waals surface area contributed by atoms with E-state index in [1.165, 1.54) is 6.42 Å². The molecule has 0 spiro atoms. The number of nitrogens with one attached hydrogen (secondary N) is 2. The fourth-order valence-corrected chi connectivity index (χ4v) is 2.98. The van der Waals surface area contributed by atoms with Crippen LogP contribution in [0.2, 0.25) is 0 Å². The monoisotopic (exact) mass is 224 g/mol. The summed E-state index contributed by atoms with van der Waals surface area (Å²) < 4.78 is 0. The molecule has 2 N–H and O–H groups in total. The highest BCUT2D eigenvalue weighted by Gasteiger charge is 2.44. The molecule has 1 unspecified atom stereocenters. The Labute approximate surface area is 98.4 Å². The lowest BCUT2D eigenvalue weighted by Gasteiger charge is -2.42. The second-order valence-electron chi connectivity index (χ2n) is 5.83. The summed E-state index contributed by atoms with van der Waals surface area (Å²) in [6.07, 6.45) is 6.66. The van der Waals surface area contributed by atoms with E-state index in [9.17, 15) is 4.79 Å². The molecule has 3 heteroatoms. The highest BCUT2D eigenvalue weighted by atomic mass is 16.2. The molecule has 92 valence electrons. The van der Waals surface area contributed by atoms with Crippen LogP contribution in [0.25, 0.3) is 0 Å². The smallest absolute Gasteiger partial charge is 0.227 e. The molecular formula is C13H24N2O. The lowest BCUT2D eigenvalue weighted by molar-refractivity contribution is -0.133. The van der Waals surface area contributed by atoms with Gasteiger partial charge in [0.05, 0.1) is 5.41 Å². The molecule has 1 atom stereocenters. The maximum Gasteiger partial charge on any atom is 0.227 e. The summed E-state index contributed by atoms with van der Waals surface area (Å²) >= 11 is 0. The Bertz CT molecular complexity index is 265. The molecule has 0 radical (unpaired) electrons. The minimum absolute atomic E-state index is 0.0976. The lowest BCUT2D eigenvalue weighted by atomic mass is 9.75. The summed E-state index contributed by atoms with van der Waals surface area (Å²) in [5, 5.41) is 6.62. The van der Waals surface area contributed by atoms with E-state index < -0.39 is 0 Å². The first kappa shape index (κ1) is 11.9. The summed E-state index contributed by atoms with van der Waals surface area (Å²) in [6.45, 7) is 6.20. The second-order valence-corrected chi connectivity index (χ2v) is 5.83. The van der Waals surface area contributed by atoms with Gasteiger partial charge in [0.25, 0.3) is 0 Å². The van der Waals surface area contributed by atoms with Gasteiger partial charge in [-0.25, -0.2) is 0 Å². The summed E-state index contributed by atoms with van der Waals surface area (Å²) in [5.41, 5.74) is -0.0201. The third-order valence-electron chi connectivity index (χ3n) is 4.33. The molecule has 0 aromatic heterocycles. The fourth-order valence-electron chi connectivity index (χ4n) is 2.98. The number of carbonyl (C=O) groups is 1. The third kappa shape index (κ3) is 2.10. The van der Waals surface area contributed by atoms with Gasteiger partial charge in [-0.2, -0.15) is 0 Å². The Hall–Kier alpha value is -0.570. The van der Waals surface area contributed by atoms with Crippen LogP contribution in [-0.4, -0.2) is 24.5 Å². The van der Waals surface area contributed by atoms with Gasteiger partial charge in [0.15, 0.2) is 0 Å². The molecule has 1 heterocycles. The van der Waals surface area contributed by atoms with Crippen molar-refractivity contribution < 1.29 is 4.79 Å². The van der Waals surface area contributed by atoms with Crippen molar-refractivity contribution in [1.82, 2.24) is 10.6 Å². The maximum atomic E-state index is 12.4. The highest BCUT2D eigenvalue weighted by molar-refractivity contribution is 5.84. The molecule has 1 saturated heterocycles. The first-order valence-corrected chi connectivity index (χ1v) is 6.64. The van der Waals surface area contributed by atoms with Crippen LogP contribution >= 0.6 is 0 Å². The van der Waals surface area contributed by atoms with Crippen molar-refractivity contribution in [2.75, 3.05) is 13.1 Å².